The van der Waals surface area contributed by atoms with Gasteiger partial charge in [-0.2, -0.15) is 5.10 Å². The molecule has 0 fully saturated rings. The van der Waals surface area contributed by atoms with Crippen LogP contribution in [0, 0.1) is 0 Å². The Labute approximate surface area is 177 Å². The molecule has 30 heavy (non-hydrogen) atoms. The first-order valence-corrected chi connectivity index (χ1v) is 10.1. The van der Waals surface area contributed by atoms with Crippen LogP contribution >= 0.6 is 11.3 Å². The summed E-state index contributed by atoms with van der Waals surface area (Å²) in [6.45, 7) is 4.22. The third-order valence-electron chi connectivity index (χ3n) is 4.37. The average molecular weight is 417 g/mol. The van der Waals surface area contributed by atoms with Crippen molar-refractivity contribution in [3.63, 3.8) is 0 Å². The average Bonchev–Trinajstić information content (AvgIpc) is 3.39. The van der Waals surface area contributed by atoms with Gasteiger partial charge in [0.25, 0.3) is 0 Å². The highest BCUT2D eigenvalue weighted by Crippen LogP contribution is 2.28. The highest BCUT2D eigenvalue weighted by molar-refractivity contribution is 7.07. The maximum atomic E-state index is 11.6. The van der Waals surface area contributed by atoms with Crippen LogP contribution in [0.1, 0.15) is 15.9 Å². The number of carbonyl (C=O) groups is 1. The molecule has 4 rings (SSSR count). The lowest BCUT2D eigenvalue weighted by atomic mass is 10.1. The number of nitrogens with zero attached hydrogens (tertiary/aromatic N) is 3. The predicted molar refractivity (Wildman–Crippen MR) is 119 cm³/mol. The Kier molecular flexibility index (Phi) is 5.72. The van der Waals surface area contributed by atoms with Gasteiger partial charge in [-0.3, -0.25) is 4.99 Å². The molecule has 2 aromatic carbocycles. The number of methoxy groups -OCH3 is 1. The summed E-state index contributed by atoms with van der Waals surface area (Å²) >= 11 is 1.48. The smallest absolute Gasteiger partial charge is 0.337 e. The van der Waals surface area contributed by atoms with Gasteiger partial charge in [0.05, 0.1) is 25.4 Å². The van der Waals surface area contributed by atoms with Crippen molar-refractivity contribution in [1.82, 2.24) is 4.68 Å². The first kappa shape index (κ1) is 19.6. The fourth-order valence-corrected chi connectivity index (χ4v) is 3.72. The molecule has 6 nitrogen and oxygen atoms in total. The highest BCUT2D eigenvalue weighted by Gasteiger charge is 2.12. The molecular formula is C23H19N3O3S. The molecule has 0 aliphatic carbocycles. The van der Waals surface area contributed by atoms with Gasteiger partial charge < -0.3 is 9.15 Å². The molecule has 0 aliphatic rings. The zero-order chi connectivity index (χ0) is 20.9. The van der Waals surface area contributed by atoms with E-state index in [0.29, 0.717) is 17.9 Å². The standard InChI is InChI=1S/C23H19N3O3S/c1-3-12-24-23-26(25-14-16-8-10-17(11-9-16)22(27)28-2)19(15-30-23)21-13-18-6-4-5-7-20(18)29-21/h3-11,13-15H,1,12H2,2H3. The third kappa shape index (κ3) is 4.01. The maximum absolute atomic E-state index is 11.6. The topological polar surface area (TPSA) is 69.1 Å². The van der Waals surface area contributed by atoms with Crippen molar-refractivity contribution in [3.8, 4) is 11.5 Å². The summed E-state index contributed by atoms with van der Waals surface area (Å²) in [5.41, 5.74) is 2.95. The fraction of sp³-hybridized carbons (Fsp3) is 0.0870. The van der Waals surface area contributed by atoms with Gasteiger partial charge in [-0.05, 0) is 29.8 Å². The number of fused-ring (bicyclic) bond motifs is 1. The number of thiazole rings is 1. The van der Waals surface area contributed by atoms with Crippen molar-refractivity contribution in [2.45, 2.75) is 0 Å². The van der Waals surface area contributed by atoms with E-state index in [0.717, 1.165) is 27.0 Å². The molecule has 0 saturated carbocycles. The van der Waals surface area contributed by atoms with Crippen molar-refractivity contribution >= 4 is 34.5 Å². The quantitative estimate of drug-likeness (QED) is 0.259. The lowest BCUT2D eigenvalue weighted by molar-refractivity contribution is 0.0600. The number of para-hydroxylation sites is 1. The molecule has 0 saturated heterocycles. The Morgan fingerprint density at radius 2 is 2.03 bits per heavy atom. The summed E-state index contributed by atoms with van der Waals surface area (Å²) in [4.78, 5) is 16.9. The van der Waals surface area contributed by atoms with Crippen LogP contribution in [-0.2, 0) is 4.74 Å². The largest absolute Gasteiger partial charge is 0.465 e. The Hall–Kier alpha value is -3.71. The molecule has 2 aromatic heterocycles. The van der Waals surface area contributed by atoms with Crippen LogP contribution in [0.5, 0.6) is 0 Å². The molecule has 7 heteroatoms. The Morgan fingerprint density at radius 3 is 2.77 bits per heavy atom. The monoisotopic (exact) mass is 417 g/mol. The number of carbonyl (C=O) groups excluding carboxylic acids is 1. The number of aromatic nitrogens is 1. The second kappa shape index (κ2) is 8.75. The van der Waals surface area contributed by atoms with E-state index in [1.165, 1.54) is 18.4 Å². The van der Waals surface area contributed by atoms with Gasteiger partial charge in [0.1, 0.15) is 11.3 Å². The van der Waals surface area contributed by atoms with Crippen molar-refractivity contribution in [2.24, 2.45) is 10.1 Å². The van der Waals surface area contributed by atoms with Crippen LogP contribution in [0.15, 0.2) is 87.1 Å². The van der Waals surface area contributed by atoms with Crippen LogP contribution in [0.4, 0.5) is 0 Å². The van der Waals surface area contributed by atoms with Crippen molar-refractivity contribution < 1.29 is 13.9 Å². The molecule has 0 atom stereocenters. The molecule has 0 spiro atoms. The lowest BCUT2D eigenvalue weighted by Gasteiger charge is -2.01. The molecular weight excluding hydrogens is 398 g/mol. The summed E-state index contributed by atoms with van der Waals surface area (Å²) in [7, 11) is 1.36. The summed E-state index contributed by atoms with van der Waals surface area (Å²) in [5, 5.41) is 7.62. The first-order valence-electron chi connectivity index (χ1n) is 9.23. The van der Waals surface area contributed by atoms with E-state index in [2.05, 4.69) is 16.7 Å². The van der Waals surface area contributed by atoms with Gasteiger partial charge in [-0.15, -0.1) is 17.9 Å². The number of hydrogen-bond donors (Lipinski definition) is 0. The Balaban J connectivity index is 1.73. The minimum absolute atomic E-state index is 0.372. The van der Waals surface area contributed by atoms with E-state index in [9.17, 15) is 4.79 Å². The van der Waals surface area contributed by atoms with Gasteiger partial charge >= 0.3 is 5.97 Å². The molecule has 0 unspecified atom stereocenters. The maximum Gasteiger partial charge on any atom is 0.337 e. The minimum atomic E-state index is -0.372. The second-order valence-electron chi connectivity index (χ2n) is 6.35. The van der Waals surface area contributed by atoms with E-state index in [-0.39, 0.29) is 5.97 Å². The van der Waals surface area contributed by atoms with Crippen LogP contribution in [0.25, 0.3) is 22.4 Å². The van der Waals surface area contributed by atoms with Crippen LogP contribution < -0.4 is 4.80 Å². The molecule has 4 aromatic rings. The van der Waals surface area contributed by atoms with E-state index < -0.39 is 0 Å². The molecule has 2 heterocycles. The number of hydrogen-bond acceptors (Lipinski definition) is 6. The summed E-state index contributed by atoms with van der Waals surface area (Å²) in [6, 6.07) is 16.9. The van der Waals surface area contributed by atoms with Gasteiger partial charge in [-0.25, -0.2) is 9.47 Å². The minimum Gasteiger partial charge on any atom is -0.465 e. The molecule has 0 bridgehead atoms. The van der Waals surface area contributed by atoms with Crippen LogP contribution in [0.3, 0.4) is 0 Å². The zero-order valence-corrected chi connectivity index (χ0v) is 17.1. The number of benzene rings is 2. The van der Waals surface area contributed by atoms with Crippen molar-refractivity contribution in [1.29, 1.82) is 0 Å². The molecule has 0 radical (unpaired) electrons. The number of furan rings is 1. The lowest BCUT2D eigenvalue weighted by Crippen LogP contribution is -2.12. The Bertz CT molecular complexity index is 1260. The molecule has 0 amide bonds. The van der Waals surface area contributed by atoms with E-state index in [1.54, 1.807) is 29.1 Å². The first-order chi connectivity index (χ1) is 14.7. The summed E-state index contributed by atoms with van der Waals surface area (Å²) in [5.74, 6) is 0.342. The van der Waals surface area contributed by atoms with E-state index >= 15 is 0 Å². The molecule has 0 aliphatic heterocycles. The number of rotatable bonds is 6. The van der Waals surface area contributed by atoms with Crippen molar-refractivity contribution in [2.75, 3.05) is 13.7 Å². The zero-order valence-electron chi connectivity index (χ0n) is 16.3. The molecule has 150 valence electrons. The van der Waals surface area contributed by atoms with E-state index in [4.69, 9.17) is 9.15 Å². The fourth-order valence-electron chi connectivity index (χ4n) is 2.89. The molecule has 0 N–H and O–H groups in total. The number of esters is 1. The van der Waals surface area contributed by atoms with Gasteiger partial charge in [0, 0.05) is 10.8 Å². The van der Waals surface area contributed by atoms with Crippen LogP contribution in [0.2, 0.25) is 0 Å². The Morgan fingerprint density at radius 1 is 1.23 bits per heavy atom. The number of ether oxygens (including phenoxy) is 1. The normalized spacial score (nSPS) is 12.0. The summed E-state index contributed by atoms with van der Waals surface area (Å²) in [6.07, 6.45) is 3.45. The van der Waals surface area contributed by atoms with Gasteiger partial charge in [-0.1, -0.05) is 36.4 Å². The van der Waals surface area contributed by atoms with Crippen molar-refractivity contribution in [3.05, 3.63) is 88.6 Å². The highest BCUT2D eigenvalue weighted by atomic mass is 32.1. The predicted octanol–water partition coefficient (Wildman–Crippen LogP) is 4.72. The van der Waals surface area contributed by atoms with Gasteiger partial charge in [0.2, 0.25) is 4.80 Å². The summed E-state index contributed by atoms with van der Waals surface area (Å²) < 4.78 is 12.5. The van der Waals surface area contributed by atoms with Gasteiger partial charge in [0.15, 0.2) is 5.76 Å². The van der Waals surface area contributed by atoms with Crippen LogP contribution in [-0.4, -0.2) is 30.5 Å². The second-order valence-corrected chi connectivity index (χ2v) is 7.19. The van der Waals surface area contributed by atoms with E-state index in [1.807, 2.05) is 47.8 Å². The SMILES string of the molecule is C=CCN=c1scc(-c2cc3ccccc3o2)n1N=Cc1ccc(C(=O)OC)cc1. The third-order valence-corrected chi connectivity index (χ3v) is 5.23.